The van der Waals surface area contributed by atoms with Crippen molar-refractivity contribution < 1.29 is 4.79 Å². The molecule has 7 heteroatoms. The van der Waals surface area contributed by atoms with Crippen LogP contribution in [-0.4, -0.2) is 38.4 Å². The maximum absolute atomic E-state index is 12.9. The van der Waals surface area contributed by atoms with Crippen molar-refractivity contribution in [2.24, 2.45) is 5.92 Å². The van der Waals surface area contributed by atoms with Gasteiger partial charge in [0.05, 0.1) is 17.8 Å². The summed E-state index contributed by atoms with van der Waals surface area (Å²) in [5.41, 5.74) is 2.76. The van der Waals surface area contributed by atoms with E-state index in [4.69, 9.17) is 0 Å². The van der Waals surface area contributed by atoms with Crippen LogP contribution >= 0.6 is 11.3 Å². The van der Waals surface area contributed by atoms with Gasteiger partial charge in [0.15, 0.2) is 0 Å². The molecular formula is C21H20N4O2S. The van der Waals surface area contributed by atoms with Crippen LogP contribution < -0.4 is 5.56 Å². The second-order valence-corrected chi connectivity index (χ2v) is 8.39. The molecule has 28 heavy (non-hydrogen) atoms. The minimum absolute atomic E-state index is 0.0662. The highest BCUT2D eigenvalue weighted by Gasteiger charge is 2.36. The molecule has 0 spiro atoms. The molecule has 0 radical (unpaired) electrons. The Hall–Kier alpha value is -2.80. The van der Waals surface area contributed by atoms with Crippen molar-refractivity contribution in [3.05, 3.63) is 69.7 Å². The minimum Gasteiger partial charge on any atom is -0.341 e. The Morgan fingerprint density at radius 3 is 2.93 bits per heavy atom. The summed E-state index contributed by atoms with van der Waals surface area (Å²) in [4.78, 5) is 35.9. The van der Waals surface area contributed by atoms with E-state index >= 15 is 0 Å². The molecule has 0 aromatic carbocycles. The van der Waals surface area contributed by atoms with Crippen LogP contribution in [0.5, 0.6) is 0 Å². The van der Waals surface area contributed by atoms with Gasteiger partial charge < -0.3 is 9.47 Å². The van der Waals surface area contributed by atoms with Crippen LogP contribution in [0.4, 0.5) is 0 Å². The lowest BCUT2D eigenvalue weighted by molar-refractivity contribution is -0.133. The van der Waals surface area contributed by atoms with E-state index < -0.39 is 0 Å². The van der Waals surface area contributed by atoms with E-state index in [-0.39, 0.29) is 17.4 Å². The molecule has 2 aliphatic heterocycles. The van der Waals surface area contributed by atoms with Gasteiger partial charge in [-0.15, -0.1) is 11.3 Å². The number of pyridine rings is 2. The Kier molecular flexibility index (Phi) is 4.31. The van der Waals surface area contributed by atoms with Gasteiger partial charge in [-0.05, 0) is 30.5 Å². The second-order valence-electron chi connectivity index (χ2n) is 7.53. The molecule has 2 bridgehead atoms. The zero-order valence-electron chi connectivity index (χ0n) is 15.3. The predicted molar refractivity (Wildman–Crippen MR) is 107 cm³/mol. The van der Waals surface area contributed by atoms with E-state index in [1.165, 1.54) is 11.3 Å². The highest BCUT2D eigenvalue weighted by atomic mass is 32.1. The molecule has 1 saturated heterocycles. The third-order valence-electron chi connectivity index (χ3n) is 5.60. The normalized spacial score (nSPS) is 20.6. The fraction of sp³-hybridized carbons (Fsp3) is 0.333. The molecule has 6 nitrogen and oxygen atoms in total. The summed E-state index contributed by atoms with van der Waals surface area (Å²) < 4.78 is 1.89. The molecule has 2 unspecified atom stereocenters. The first-order valence-electron chi connectivity index (χ1n) is 9.50. The summed E-state index contributed by atoms with van der Waals surface area (Å²) in [6.45, 7) is 2.10. The van der Waals surface area contributed by atoms with Crippen molar-refractivity contribution in [2.45, 2.75) is 25.3 Å². The number of fused-ring (bicyclic) bond motifs is 4. The number of carbonyl (C=O) groups is 1. The van der Waals surface area contributed by atoms with Crippen molar-refractivity contribution in [2.75, 3.05) is 13.1 Å². The number of nitrogens with zero attached hydrogens (tertiary/aromatic N) is 4. The molecule has 1 amide bonds. The van der Waals surface area contributed by atoms with E-state index in [9.17, 15) is 9.59 Å². The van der Waals surface area contributed by atoms with Crippen LogP contribution in [0.25, 0.3) is 10.7 Å². The van der Waals surface area contributed by atoms with Crippen molar-refractivity contribution in [3.63, 3.8) is 0 Å². The number of likely N-dealkylation sites (tertiary alicyclic amines) is 1. The zero-order valence-corrected chi connectivity index (χ0v) is 16.1. The quantitative estimate of drug-likeness (QED) is 0.687. The van der Waals surface area contributed by atoms with E-state index in [2.05, 4.69) is 9.97 Å². The SMILES string of the molecule is O=C(Cc1csc(-c2ccccn2)n1)N1CC2CC(C1)c1cccc(=O)n1C2. The smallest absolute Gasteiger partial charge is 0.250 e. The molecule has 3 aromatic heterocycles. The fourth-order valence-electron chi connectivity index (χ4n) is 4.36. The molecule has 2 aliphatic rings. The molecular weight excluding hydrogens is 372 g/mol. The first-order valence-corrected chi connectivity index (χ1v) is 10.4. The summed E-state index contributed by atoms with van der Waals surface area (Å²) in [7, 11) is 0. The number of carbonyl (C=O) groups excluding carboxylic acids is 1. The molecule has 3 aromatic rings. The lowest BCUT2D eigenvalue weighted by Gasteiger charge is -2.42. The van der Waals surface area contributed by atoms with Gasteiger partial charge in [0.2, 0.25) is 5.91 Å². The molecule has 5 rings (SSSR count). The van der Waals surface area contributed by atoms with Crippen LogP contribution in [0.2, 0.25) is 0 Å². The average molecular weight is 392 g/mol. The minimum atomic E-state index is 0.0662. The number of piperidine rings is 1. The standard InChI is InChI=1S/C21H20N4O2S/c26-19-6-3-5-18-15-8-14(11-25(18)19)10-24(12-15)20(27)9-16-13-28-21(23-16)17-4-1-2-7-22-17/h1-7,13-15H,8-12H2. The molecule has 2 atom stereocenters. The first-order chi connectivity index (χ1) is 13.7. The average Bonchev–Trinajstić information content (AvgIpc) is 3.18. The summed E-state index contributed by atoms with van der Waals surface area (Å²) in [6.07, 6.45) is 3.11. The second kappa shape index (κ2) is 6.98. The topological polar surface area (TPSA) is 68.1 Å². The van der Waals surface area contributed by atoms with E-state index in [1.54, 1.807) is 12.3 Å². The monoisotopic (exact) mass is 392 g/mol. The lowest BCUT2D eigenvalue weighted by atomic mass is 9.83. The van der Waals surface area contributed by atoms with Gasteiger partial charge in [0.1, 0.15) is 5.01 Å². The van der Waals surface area contributed by atoms with Crippen LogP contribution in [-0.2, 0) is 17.8 Å². The maximum atomic E-state index is 12.9. The van der Waals surface area contributed by atoms with E-state index in [1.807, 2.05) is 45.2 Å². The predicted octanol–water partition coefficient (Wildman–Crippen LogP) is 2.56. The number of amides is 1. The highest BCUT2D eigenvalue weighted by Crippen LogP contribution is 2.35. The molecule has 142 valence electrons. The van der Waals surface area contributed by atoms with Gasteiger partial charge in [-0.3, -0.25) is 14.6 Å². The van der Waals surface area contributed by atoms with Crippen molar-refractivity contribution >= 4 is 17.2 Å². The van der Waals surface area contributed by atoms with Crippen LogP contribution in [0.15, 0.2) is 52.8 Å². The highest BCUT2D eigenvalue weighted by molar-refractivity contribution is 7.13. The zero-order chi connectivity index (χ0) is 19.1. The Bertz CT molecular complexity index is 1080. The van der Waals surface area contributed by atoms with Crippen LogP contribution in [0.3, 0.4) is 0 Å². The fourth-order valence-corrected chi connectivity index (χ4v) is 5.16. The van der Waals surface area contributed by atoms with Gasteiger partial charge in [0.25, 0.3) is 5.56 Å². The Morgan fingerprint density at radius 2 is 2.07 bits per heavy atom. The Morgan fingerprint density at radius 1 is 1.14 bits per heavy atom. The molecule has 1 fully saturated rings. The third-order valence-corrected chi connectivity index (χ3v) is 6.51. The molecule has 5 heterocycles. The van der Waals surface area contributed by atoms with Gasteiger partial charge in [0, 0.05) is 48.9 Å². The van der Waals surface area contributed by atoms with Gasteiger partial charge >= 0.3 is 0 Å². The maximum Gasteiger partial charge on any atom is 0.250 e. The number of rotatable bonds is 3. The van der Waals surface area contributed by atoms with Crippen molar-refractivity contribution in [1.82, 2.24) is 19.4 Å². The Labute approximate surface area is 166 Å². The van der Waals surface area contributed by atoms with E-state index in [0.717, 1.165) is 28.5 Å². The molecule has 0 saturated carbocycles. The van der Waals surface area contributed by atoms with E-state index in [0.29, 0.717) is 32.0 Å². The lowest BCUT2D eigenvalue weighted by Crippen LogP contribution is -2.49. The number of thiazole rings is 1. The third kappa shape index (κ3) is 3.16. The number of hydrogen-bond acceptors (Lipinski definition) is 5. The van der Waals surface area contributed by atoms with Crippen LogP contribution in [0.1, 0.15) is 23.7 Å². The van der Waals surface area contributed by atoms with Gasteiger partial charge in [-0.1, -0.05) is 12.1 Å². The summed E-state index contributed by atoms with van der Waals surface area (Å²) in [6, 6.07) is 11.2. The number of hydrogen-bond donors (Lipinski definition) is 0. The first kappa shape index (κ1) is 17.3. The van der Waals surface area contributed by atoms with Gasteiger partial charge in [-0.25, -0.2) is 4.98 Å². The Balaban J connectivity index is 1.31. The summed E-state index contributed by atoms with van der Waals surface area (Å²) in [5, 5.41) is 2.79. The summed E-state index contributed by atoms with van der Waals surface area (Å²) >= 11 is 1.52. The molecule has 0 aliphatic carbocycles. The molecule has 0 N–H and O–H groups in total. The van der Waals surface area contributed by atoms with Crippen molar-refractivity contribution in [3.8, 4) is 10.7 Å². The number of aromatic nitrogens is 3. The largest absolute Gasteiger partial charge is 0.341 e. The van der Waals surface area contributed by atoms with Crippen molar-refractivity contribution in [1.29, 1.82) is 0 Å². The summed E-state index contributed by atoms with van der Waals surface area (Å²) in [5.74, 6) is 0.693. The van der Waals surface area contributed by atoms with Gasteiger partial charge in [-0.2, -0.15) is 0 Å². The van der Waals surface area contributed by atoms with Crippen LogP contribution in [0, 0.1) is 5.92 Å².